The number of anilines is 1. The number of carbonyl (C=O) groups is 1. The summed E-state index contributed by atoms with van der Waals surface area (Å²) in [6.07, 6.45) is 1.55. The Hall–Kier alpha value is -2.71. The molecular weight excluding hydrogens is 392 g/mol. The monoisotopic (exact) mass is 410 g/mol. The minimum atomic E-state index is -0.101. The number of thiophene rings is 1. The molecule has 6 nitrogen and oxygen atoms in total. The molecule has 0 aliphatic heterocycles. The van der Waals surface area contributed by atoms with Crippen LogP contribution in [0.3, 0.4) is 0 Å². The third-order valence-corrected chi connectivity index (χ3v) is 6.41. The van der Waals surface area contributed by atoms with Crippen molar-refractivity contribution in [2.75, 3.05) is 18.2 Å². The second-order valence-corrected chi connectivity index (χ2v) is 8.25. The Morgan fingerprint density at radius 1 is 1.25 bits per heavy atom. The fourth-order valence-electron chi connectivity index (χ4n) is 3.02. The predicted octanol–water partition coefficient (Wildman–Crippen LogP) is 4.60. The molecule has 3 aromatic heterocycles. The van der Waals surface area contributed by atoms with Gasteiger partial charge in [0.25, 0.3) is 0 Å². The second-order valence-electron chi connectivity index (χ2n) is 6.29. The van der Waals surface area contributed by atoms with Crippen LogP contribution in [0.2, 0.25) is 0 Å². The fraction of sp³-hybridized carbons (Fsp3) is 0.200. The summed E-state index contributed by atoms with van der Waals surface area (Å²) in [5, 5.41) is 4.75. The van der Waals surface area contributed by atoms with Gasteiger partial charge in [0.2, 0.25) is 5.91 Å². The largest absolute Gasteiger partial charge is 0.497 e. The summed E-state index contributed by atoms with van der Waals surface area (Å²) in [4.78, 5) is 26.8. The topological polar surface area (TPSA) is 77.0 Å². The number of aromatic nitrogens is 3. The van der Waals surface area contributed by atoms with Crippen molar-refractivity contribution in [1.29, 1.82) is 0 Å². The fourth-order valence-corrected chi connectivity index (χ4v) is 5.15. The van der Waals surface area contributed by atoms with Crippen LogP contribution in [0.4, 0.5) is 5.69 Å². The number of thioether (sulfide) groups is 1. The van der Waals surface area contributed by atoms with E-state index in [-0.39, 0.29) is 11.7 Å². The maximum Gasteiger partial charge on any atom is 0.234 e. The maximum absolute atomic E-state index is 12.4. The lowest BCUT2D eigenvalue weighted by Gasteiger charge is -2.07. The third kappa shape index (κ3) is 3.65. The lowest BCUT2D eigenvalue weighted by Crippen LogP contribution is -2.14. The molecule has 0 saturated heterocycles. The zero-order valence-electron chi connectivity index (χ0n) is 15.6. The van der Waals surface area contributed by atoms with Crippen LogP contribution in [0.1, 0.15) is 11.3 Å². The van der Waals surface area contributed by atoms with Gasteiger partial charge in [-0.05, 0) is 37.6 Å². The minimum Gasteiger partial charge on any atom is -0.497 e. The molecule has 3 heterocycles. The molecule has 8 heteroatoms. The number of aryl methyl sites for hydroxylation is 2. The first-order chi connectivity index (χ1) is 13.5. The van der Waals surface area contributed by atoms with Gasteiger partial charge in [0.05, 0.1) is 23.1 Å². The molecule has 142 valence electrons. The quantitative estimate of drug-likeness (QED) is 0.383. The molecule has 0 fully saturated rings. The average Bonchev–Trinajstić information content (AvgIpc) is 3.05. The lowest BCUT2D eigenvalue weighted by molar-refractivity contribution is -0.113. The molecule has 4 rings (SSSR count). The second kappa shape index (κ2) is 7.73. The predicted molar refractivity (Wildman–Crippen MR) is 115 cm³/mol. The average molecular weight is 411 g/mol. The van der Waals surface area contributed by atoms with Gasteiger partial charge in [-0.2, -0.15) is 0 Å². The van der Waals surface area contributed by atoms with E-state index in [0.717, 1.165) is 36.7 Å². The van der Waals surface area contributed by atoms with Gasteiger partial charge in [-0.25, -0.2) is 15.0 Å². The van der Waals surface area contributed by atoms with Crippen molar-refractivity contribution in [1.82, 2.24) is 15.0 Å². The Balaban J connectivity index is 1.56. The van der Waals surface area contributed by atoms with Gasteiger partial charge in [-0.1, -0.05) is 17.8 Å². The third-order valence-electron chi connectivity index (χ3n) is 4.21. The summed E-state index contributed by atoms with van der Waals surface area (Å²) >= 11 is 2.97. The molecule has 1 aromatic carbocycles. The SMILES string of the molecule is COc1cccc(NC(=O)CSc2ncnc3c2sc2nc(C)cc(C)c23)c1. The zero-order valence-corrected chi connectivity index (χ0v) is 17.3. The first-order valence-corrected chi connectivity index (χ1v) is 10.4. The minimum absolute atomic E-state index is 0.101. The van der Waals surface area contributed by atoms with Gasteiger partial charge >= 0.3 is 0 Å². The van der Waals surface area contributed by atoms with Crippen LogP contribution in [0.5, 0.6) is 5.75 Å². The van der Waals surface area contributed by atoms with E-state index < -0.39 is 0 Å². The number of nitrogens with zero attached hydrogens (tertiary/aromatic N) is 3. The number of rotatable bonds is 5. The lowest BCUT2D eigenvalue weighted by atomic mass is 10.1. The molecule has 0 aliphatic carbocycles. The molecular formula is C20H18N4O2S2. The first kappa shape index (κ1) is 18.6. The summed E-state index contributed by atoms with van der Waals surface area (Å²) in [7, 11) is 1.60. The van der Waals surface area contributed by atoms with Crippen molar-refractivity contribution >= 4 is 55.1 Å². The van der Waals surface area contributed by atoms with Crippen LogP contribution in [0, 0.1) is 13.8 Å². The van der Waals surface area contributed by atoms with Crippen molar-refractivity contribution in [3.8, 4) is 5.75 Å². The van der Waals surface area contributed by atoms with Crippen LogP contribution in [0.15, 0.2) is 41.7 Å². The van der Waals surface area contributed by atoms with E-state index in [1.807, 2.05) is 25.1 Å². The van der Waals surface area contributed by atoms with E-state index in [1.54, 1.807) is 30.8 Å². The molecule has 0 atom stereocenters. The number of ether oxygens (including phenoxy) is 1. The Morgan fingerprint density at radius 3 is 2.93 bits per heavy atom. The molecule has 28 heavy (non-hydrogen) atoms. The van der Waals surface area contributed by atoms with E-state index in [9.17, 15) is 4.79 Å². The number of hydrogen-bond donors (Lipinski definition) is 1. The molecule has 0 bridgehead atoms. The molecule has 4 aromatic rings. The number of pyridine rings is 1. The summed E-state index contributed by atoms with van der Waals surface area (Å²) in [6, 6.07) is 9.35. The van der Waals surface area contributed by atoms with Crippen LogP contribution >= 0.6 is 23.1 Å². The highest BCUT2D eigenvalue weighted by Crippen LogP contribution is 2.37. The first-order valence-electron chi connectivity index (χ1n) is 8.63. The standard InChI is InChI=1S/C20H18N4O2S2/c1-11-7-12(2)23-19-16(11)17-18(28-19)20(22-10-21-17)27-9-15(25)24-13-5-4-6-14(8-13)26-3/h4-8,10H,9H2,1-3H3,(H,24,25). The molecule has 0 aliphatic rings. The number of benzene rings is 1. The zero-order chi connectivity index (χ0) is 19.7. The number of methoxy groups -OCH3 is 1. The number of fused-ring (bicyclic) bond motifs is 3. The van der Waals surface area contributed by atoms with Crippen molar-refractivity contribution in [2.45, 2.75) is 18.9 Å². The molecule has 1 N–H and O–H groups in total. The van der Waals surface area contributed by atoms with E-state index in [4.69, 9.17) is 4.74 Å². The van der Waals surface area contributed by atoms with E-state index in [0.29, 0.717) is 11.4 Å². The number of hydrogen-bond acceptors (Lipinski definition) is 7. The van der Waals surface area contributed by atoms with E-state index in [1.165, 1.54) is 11.8 Å². The Labute approximate surface area is 170 Å². The van der Waals surface area contributed by atoms with Gasteiger partial charge in [0, 0.05) is 22.8 Å². The number of nitrogens with one attached hydrogen (secondary N) is 1. The van der Waals surface area contributed by atoms with E-state index in [2.05, 4.69) is 33.3 Å². The number of amides is 1. The van der Waals surface area contributed by atoms with Crippen LogP contribution in [0.25, 0.3) is 20.4 Å². The van der Waals surface area contributed by atoms with Crippen molar-refractivity contribution in [3.05, 3.63) is 47.9 Å². The van der Waals surface area contributed by atoms with Gasteiger partial charge in [0.1, 0.15) is 21.9 Å². The van der Waals surface area contributed by atoms with Gasteiger partial charge < -0.3 is 10.1 Å². The van der Waals surface area contributed by atoms with E-state index >= 15 is 0 Å². The maximum atomic E-state index is 12.4. The smallest absolute Gasteiger partial charge is 0.234 e. The van der Waals surface area contributed by atoms with Crippen molar-refractivity contribution in [2.24, 2.45) is 0 Å². The molecule has 0 unspecified atom stereocenters. The highest BCUT2D eigenvalue weighted by Gasteiger charge is 2.16. The summed E-state index contributed by atoms with van der Waals surface area (Å²) in [6.45, 7) is 4.06. The summed E-state index contributed by atoms with van der Waals surface area (Å²) in [5.74, 6) is 0.853. The van der Waals surface area contributed by atoms with Gasteiger partial charge in [-0.3, -0.25) is 4.79 Å². The molecule has 0 saturated carbocycles. The van der Waals surface area contributed by atoms with Gasteiger partial charge in [-0.15, -0.1) is 11.3 Å². The number of carbonyl (C=O) groups excluding carboxylic acids is 1. The molecule has 0 radical (unpaired) electrons. The summed E-state index contributed by atoms with van der Waals surface area (Å²) < 4.78 is 6.15. The molecule has 1 amide bonds. The highest BCUT2D eigenvalue weighted by molar-refractivity contribution is 8.00. The van der Waals surface area contributed by atoms with Crippen LogP contribution < -0.4 is 10.1 Å². The van der Waals surface area contributed by atoms with Crippen molar-refractivity contribution in [3.63, 3.8) is 0 Å². The molecule has 0 spiro atoms. The normalized spacial score (nSPS) is 11.1. The van der Waals surface area contributed by atoms with Gasteiger partial charge in [0.15, 0.2) is 0 Å². The Morgan fingerprint density at radius 2 is 2.11 bits per heavy atom. The highest BCUT2D eigenvalue weighted by atomic mass is 32.2. The Bertz CT molecular complexity index is 1190. The Kier molecular flexibility index (Phi) is 5.15. The van der Waals surface area contributed by atoms with Crippen molar-refractivity contribution < 1.29 is 9.53 Å². The summed E-state index contributed by atoms with van der Waals surface area (Å²) in [5.41, 5.74) is 3.74. The van der Waals surface area contributed by atoms with Crippen LogP contribution in [-0.2, 0) is 4.79 Å². The van der Waals surface area contributed by atoms with Crippen LogP contribution in [-0.4, -0.2) is 33.7 Å².